The van der Waals surface area contributed by atoms with Gasteiger partial charge in [0.05, 0.1) is 7.11 Å². The lowest BCUT2D eigenvalue weighted by molar-refractivity contribution is -0.141. The number of hydrogen-bond donors (Lipinski definition) is 2. The second kappa shape index (κ2) is 14.0. The third-order valence-electron chi connectivity index (χ3n) is 6.40. The fourth-order valence-corrected chi connectivity index (χ4v) is 4.11. The third-order valence-corrected chi connectivity index (χ3v) is 6.40. The SMILES string of the molecule is CCCCN(C(=O)C(NC(=O)OC(C)(C)C)C(C)C)C(C(=O)Nc1ccc(OC)cc1)c1ccc(C)c(C)c1. The maximum atomic E-state index is 14.2. The van der Waals surface area contributed by atoms with Crippen LogP contribution in [0.2, 0.25) is 0 Å². The minimum atomic E-state index is -0.910. The molecule has 0 spiro atoms. The molecule has 2 atom stereocenters. The van der Waals surface area contributed by atoms with Crippen molar-refractivity contribution in [1.29, 1.82) is 0 Å². The van der Waals surface area contributed by atoms with Gasteiger partial charge in [-0.3, -0.25) is 9.59 Å². The summed E-state index contributed by atoms with van der Waals surface area (Å²) in [5.41, 5.74) is 2.69. The van der Waals surface area contributed by atoms with Gasteiger partial charge in [-0.15, -0.1) is 0 Å². The number of unbranched alkanes of at least 4 members (excludes halogenated alkanes) is 1. The van der Waals surface area contributed by atoms with E-state index in [0.29, 0.717) is 30.0 Å². The number of benzene rings is 2. The summed E-state index contributed by atoms with van der Waals surface area (Å²) in [5.74, 6) is -0.240. The highest BCUT2D eigenvalue weighted by molar-refractivity contribution is 5.99. The number of nitrogens with one attached hydrogen (secondary N) is 2. The predicted octanol–water partition coefficient (Wildman–Crippen LogP) is 6.17. The van der Waals surface area contributed by atoms with Gasteiger partial charge in [-0.25, -0.2) is 4.79 Å². The highest BCUT2D eigenvalue weighted by Gasteiger charge is 2.37. The van der Waals surface area contributed by atoms with Crippen LogP contribution in [0, 0.1) is 19.8 Å². The van der Waals surface area contributed by atoms with Crippen LogP contribution in [-0.2, 0) is 14.3 Å². The quantitative estimate of drug-likeness (QED) is 0.356. The van der Waals surface area contributed by atoms with Gasteiger partial charge in [0.15, 0.2) is 0 Å². The van der Waals surface area contributed by atoms with Crippen molar-refractivity contribution in [2.45, 2.75) is 85.9 Å². The molecule has 0 saturated carbocycles. The van der Waals surface area contributed by atoms with E-state index in [4.69, 9.17) is 9.47 Å². The van der Waals surface area contributed by atoms with Crippen LogP contribution < -0.4 is 15.4 Å². The zero-order valence-corrected chi connectivity index (χ0v) is 24.9. The first kappa shape index (κ1) is 31.7. The molecule has 8 nitrogen and oxygen atoms in total. The molecule has 2 aromatic carbocycles. The van der Waals surface area contributed by atoms with Crippen molar-refractivity contribution >= 4 is 23.6 Å². The van der Waals surface area contributed by atoms with E-state index in [9.17, 15) is 14.4 Å². The van der Waals surface area contributed by atoms with Gasteiger partial charge < -0.3 is 25.0 Å². The zero-order chi connectivity index (χ0) is 29.3. The molecular weight excluding hydrogens is 494 g/mol. The van der Waals surface area contributed by atoms with E-state index < -0.39 is 23.8 Å². The molecular formula is C31H45N3O5. The average Bonchev–Trinajstić information content (AvgIpc) is 2.85. The summed E-state index contributed by atoms with van der Waals surface area (Å²) in [4.78, 5) is 42.3. The summed E-state index contributed by atoms with van der Waals surface area (Å²) in [7, 11) is 1.58. The van der Waals surface area contributed by atoms with E-state index in [2.05, 4.69) is 10.6 Å². The molecule has 0 aliphatic carbocycles. The van der Waals surface area contributed by atoms with Crippen molar-refractivity contribution in [3.8, 4) is 5.75 Å². The molecule has 0 aliphatic heterocycles. The van der Waals surface area contributed by atoms with E-state index in [1.807, 2.05) is 52.8 Å². The number of nitrogens with zero attached hydrogens (tertiary/aromatic N) is 1. The summed E-state index contributed by atoms with van der Waals surface area (Å²) in [5, 5.41) is 5.74. The molecule has 0 saturated heterocycles. The van der Waals surface area contributed by atoms with Gasteiger partial charge in [-0.2, -0.15) is 0 Å². The predicted molar refractivity (Wildman–Crippen MR) is 155 cm³/mol. The Morgan fingerprint density at radius 2 is 1.62 bits per heavy atom. The molecule has 0 bridgehead atoms. The van der Waals surface area contributed by atoms with Gasteiger partial charge in [-0.05, 0) is 87.9 Å². The number of aryl methyl sites for hydroxylation is 2. The summed E-state index contributed by atoms with van der Waals surface area (Å²) < 4.78 is 10.7. The maximum absolute atomic E-state index is 14.2. The van der Waals surface area contributed by atoms with Crippen LogP contribution in [0.5, 0.6) is 5.75 Å². The second-order valence-electron chi connectivity index (χ2n) is 11.2. The Kier molecular flexibility index (Phi) is 11.4. The van der Waals surface area contributed by atoms with Crippen molar-refractivity contribution < 1.29 is 23.9 Å². The largest absolute Gasteiger partial charge is 0.497 e. The lowest BCUT2D eigenvalue weighted by Gasteiger charge is -2.35. The van der Waals surface area contributed by atoms with Crippen molar-refractivity contribution in [1.82, 2.24) is 10.2 Å². The topological polar surface area (TPSA) is 97.0 Å². The zero-order valence-electron chi connectivity index (χ0n) is 24.9. The van der Waals surface area contributed by atoms with Crippen molar-refractivity contribution in [3.63, 3.8) is 0 Å². The Morgan fingerprint density at radius 3 is 2.13 bits per heavy atom. The standard InChI is InChI=1S/C31H45N3O5/c1-10-11-18-34(29(36)26(20(2)3)33-30(37)39-31(6,7)8)27(23-13-12-21(4)22(5)19-23)28(35)32-24-14-16-25(38-9)17-15-24/h12-17,19-20,26-27H,10-11,18H2,1-9H3,(H,32,35)(H,33,37). The average molecular weight is 540 g/mol. The van der Waals surface area contributed by atoms with Crippen molar-refractivity contribution in [2.24, 2.45) is 5.92 Å². The minimum absolute atomic E-state index is 0.237. The number of ether oxygens (including phenoxy) is 2. The Hall–Kier alpha value is -3.55. The van der Waals surface area contributed by atoms with Gasteiger partial charge in [0.1, 0.15) is 23.4 Å². The molecule has 2 unspecified atom stereocenters. The first-order valence-electron chi connectivity index (χ1n) is 13.6. The number of carbonyl (C=O) groups excluding carboxylic acids is 3. The summed E-state index contributed by atoms with van der Waals surface area (Å²) in [6.45, 7) is 15.4. The molecule has 8 heteroatoms. The van der Waals surface area contributed by atoms with Crippen LogP contribution in [0.3, 0.4) is 0 Å². The molecule has 0 fully saturated rings. The molecule has 39 heavy (non-hydrogen) atoms. The first-order valence-corrected chi connectivity index (χ1v) is 13.6. The van der Waals surface area contributed by atoms with Gasteiger partial charge in [-0.1, -0.05) is 45.4 Å². The first-order chi connectivity index (χ1) is 18.3. The fraction of sp³-hybridized carbons (Fsp3) is 0.516. The Bertz CT molecular complexity index is 1120. The number of carbonyl (C=O) groups is 3. The van der Waals surface area contributed by atoms with Crippen LogP contribution in [-0.4, -0.2) is 48.1 Å². The molecule has 214 valence electrons. The van der Waals surface area contributed by atoms with Crippen LogP contribution >= 0.6 is 0 Å². The second-order valence-corrected chi connectivity index (χ2v) is 11.2. The molecule has 3 amide bonds. The van der Waals surface area contributed by atoms with E-state index >= 15 is 0 Å². The summed E-state index contributed by atoms with van der Waals surface area (Å²) in [6, 6.07) is 11.1. The Labute approximate surface area is 233 Å². The van der Waals surface area contributed by atoms with E-state index in [1.54, 1.807) is 57.0 Å². The molecule has 0 aromatic heterocycles. The van der Waals surface area contributed by atoms with Crippen LogP contribution in [0.25, 0.3) is 0 Å². The van der Waals surface area contributed by atoms with Gasteiger partial charge in [0, 0.05) is 12.2 Å². The van der Waals surface area contributed by atoms with Crippen LogP contribution in [0.1, 0.15) is 77.1 Å². The monoisotopic (exact) mass is 539 g/mol. The lowest BCUT2D eigenvalue weighted by Crippen LogP contribution is -2.54. The Morgan fingerprint density at radius 1 is 0.974 bits per heavy atom. The number of rotatable bonds is 11. The lowest BCUT2D eigenvalue weighted by atomic mass is 9.96. The van der Waals surface area contributed by atoms with Crippen molar-refractivity contribution in [3.05, 3.63) is 59.2 Å². The smallest absolute Gasteiger partial charge is 0.408 e. The number of methoxy groups -OCH3 is 1. The number of hydrogen-bond acceptors (Lipinski definition) is 5. The van der Waals surface area contributed by atoms with Gasteiger partial charge in [0.2, 0.25) is 5.91 Å². The number of anilines is 1. The molecule has 2 N–H and O–H groups in total. The van der Waals surface area contributed by atoms with Crippen molar-refractivity contribution in [2.75, 3.05) is 19.0 Å². The highest BCUT2D eigenvalue weighted by atomic mass is 16.6. The van der Waals surface area contributed by atoms with Gasteiger partial charge >= 0.3 is 6.09 Å². The minimum Gasteiger partial charge on any atom is -0.497 e. The van der Waals surface area contributed by atoms with Crippen LogP contribution in [0.15, 0.2) is 42.5 Å². The third kappa shape index (κ3) is 9.30. The summed E-state index contributed by atoms with van der Waals surface area (Å²) in [6.07, 6.45) is 0.852. The maximum Gasteiger partial charge on any atom is 0.408 e. The van der Waals surface area contributed by atoms with E-state index in [1.165, 1.54) is 0 Å². The molecule has 0 aliphatic rings. The number of amides is 3. The summed E-state index contributed by atoms with van der Waals surface area (Å²) >= 11 is 0. The number of alkyl carbamates (subject to hydrolysis) is 1. The molecule has 2 rings (SSSR count). The van der Waals surface area contributed by atoms with E-state index in [-0.39, 0.29) is 17.7 Å². The highest BCUT2D eigenvalue weighted by Crippen LogP contribution is 2.28. The van der Waals surface area contributed by atoms with Gasteiger partial charge in [0.25, 0.3) is 5.91 Å². The fourth-order valence-electron chi connectivity index (χ4n) is 4.11. The molecule has 2 aromatic rings. The normalized spacial score (nSPS) is 12.9. The Balaban J connectivity index is 2.53. The van der Waals surface area contributed by atoms with E-state index in [0.717, 1.165) is 17.5 Å². The molecule has 0 radical (unpaired) electrons. The van der Waals surface area contributed by atoms with Crippen LogP contribution in [0.4, 0.5) is 10.5 Å². The molecule has 0 heterocycles.